The second-order valence-electron chi connectivity index (χ2n) is 5.66. The van der Waals surface area contributed by atoms with Crippen molar-refractivity contribution in [2.75, 3.05) is 0 Å². The SMILES string of the molecule is CCCC[n+]1ccn(-c2cccc3c2oc2ccccc23)c1. The van der Waals surface area contributed by atoms with Crippen LogP contribution in [0.3, 0.4) is 0 Å². The number of aryl methyl sites for hydroxylation is 1. The van der Waals surface area contributed by atoms with Crippen molar-refractivity contribution in [3.05, 3.63) is 61.2 Å². The number of aromatic nitrogens is 2. The topological polar surface area (TPSA) is 21.9 Å². The second-order valence-corrected chi connectivity index (χ2v) is 5.66. The van der Waals surface area contributed by atoms with Gasteiger partial charge < -0.3 is 4.42 Å². The van der Waals surface area contributed by atoms with Crippen LogP contribution in [0.25, 0.3) is 27.6 Å². The first kappa shape index (κ1) is 13.1. The van der Waals surface area contributed by atoms with Gasteiger partial charge in [0.05, 0.1) is 6.54 Å². The standard InChI is InChI=1S/C19H19N2O/c1-2-3-11-20-12-13-21(14-20)17-9-6-8-16-15-7-4-5-10-18(15)22-19(16)17/h4-10,12-14H,2-3,11H2,1H3/q+1. The summed E-state index contributed by atoms with van der Waals surface area (Å²) >= 11 is 0. The molecule has 0 saturated carbocycles. The summed E-state index contributed by atoms with van der Waals surface area (Å²) in [7, 11) is 0. The summed E-state index contributed by atoms with van der Waals surface area (Å²) in [5, 5.41) is 2.34. The molecule has 2 aromatic heterocycles. The van der Waals surface area contributed by atoms with Crippen LogP contribution in [0.15, 0.2) is 65.6 Å². The Bertz CT molecular complexity index is 933. The molecule has 3 nitrogen and oxygen atoms in total. The maximum Gasteiger partial charge on any atom is 0.249 e. The highest BCUT2D eigenvalue weighted by Gasteiger charge is 2.15. The Morgan fingerprint density at radius 3 is 2.82 bits per heavy atom. The second kappa shape index (κ2) is 5.34. The fourth-order valence-corrected chi connectivity index (χ4v) is 2.95. The van der Waals surface area contributed by atoms with Crippen molar-refractivity contribution in [1.29, 1.82) is 0 Å². The Hall–Kier alpha value is -2.55. The van der Waals surface area contributed by atoms with Crippen LogP contribution in [0.1, 0.15) is 19.8 Å². The number of fused-ring (bicyclic) bond motifs is 3. The van der Waals surface area contributed by atoms with Gasteiger partial charge in [0.25, 0.3) is 0 Å². The third kappa shape index (κ3) is 2.10. The number of para-hydroxylation sites is 2. The molecule has 0 N–H and O–H groups in total. The molecule has 0 unspecified atom stereocenters. The maximum atomic E-state index is 6.10. The highest BCUT2D eigenvalue weighted by atomic mass is 16.3. The van der Waals surface area contributed by atoms with Crippen LogP contribution in [-0.4, -0.2) is 4.57 Å². The normalized spacial score (nSPS) is 11.5. The molecule has 4 rings (SSSR count). The molecular formula is C19H19N2O+. The van der Waals surface area contributed by atoms with Gasteiger partial charge in [0.15, 0.2) is 11.3 Å². The van der Waals surface area contributed by atoms with E-state index >= 15 is 0 Å². The summed E-state index contributed by atoms with van der Waals surface area (Å²) in [5.74, 6) is 0. The molecule has 4 aromatic rings. The van der Waals surface area contributed by atoms with Crippen molar-refractivity contribution in [3.8, 4) is 5.69 Å². The fraction of sp³-hybridized carbons (Fsp3) is 0.211. The Morgan fingerprint density at radius 1 is 1.05 bits per heavy atom. The minimum absolute atomic E-state index is 0.941. The first-order chi connectivity index (χ1) is 10.9. The monoisotopic (exact) mass is 291 g/mol. The van der Waals surface area contributed by atoms with E-state index in [1.165, 1.54) is 23.6 Å². The molecule has 22 heavy (non-hydrogen) atoms. The van der Waals surface area contributed by atoms with Gasteiger partial charge in [0, 0.05) is 10.8 Å². The van der Waals surface area contributed by atoms with E-state index in [1.54, 1.807) is 0 Å². The van der Waals surface area contributed by atoms with E-state index in [2.05, 4.69) is 65.1 Å². The van der Waals surface area contributed by atoms with Gasteiger partial charge in [-0.3, -0.25) is 0 Å². The number of hydrogen-bond acceptors (Lipinski definition) is 1. The molecule has 0 amide bonds. The molecule has 0 aliphatic carbocycles. The first-order valence-electron chi connectivity index (χ1n) is 7.84. The molecule has 0 aliphatic heterocycles. The summed E-state index contributed by atoms with van der Waals surface area (Å²) in [6.07, 6.45) is 8.76. The largest absolute Gasteiger partial charge is 0.452 e. The summed E-state index contributed by atoms with van der Waals surface area (Å²) in [6, 6.07) is 14.5. The highest BCUT2D eigenvalue weighted by molar-refractivity contribution is 6.07. The van der Waals surface area contributed by atoms with Gasteiger partial charge in [0.1, 0.15) is 18.0 Å². The number of imidazole rings is 1. The summed E-state index contributed by atoms with van der Waals surface area (Å²) in [5.41, 5.74) is 2.97. The lowest BCUT2D eigenvalue weighted by Crippen LogP contribution is -2.30. The minimum atomic E-state index is 0.941. The predicted molar refractivity (Wildman–Crippen MR) is 88.2 cm³/mol. The number of hydrogen-bond donors (Lipinski definition) is 0. The molecule has 2 aromatic carbocycles. The molecule has 0 spiro atoms. The van der Waals surface area contributed by atoms with Crippen LogP contribution in [0.2, 0.25) is 0 Å². The van der Waals surface area contributed by atoms with Gasteiger partial charge in [-0.05, 0) is 18.6 Å². The molecular weight excluding hydrogens is 272 g/mol. The lowest BCUT2D eigenvalue weighted by molar-refractivity contribution is -0.696. The predicted octanol–water partition coefficient (Wildman–Crippen LogP) is 4.46. The molecule has 2 heterocycles. The molecule has 0 aliphatic rings. The molecule has 0 radical (unpaired) electrons. The maximum absolute atomic E-state index is 6.10. The van der Waals surface area contributed by atoms with E-state index in [9.17, 15) is 0 Å². The van der Waals surface area contributed by atoms with Gasteiger partial charge in [-0.1, -0.05) is 43.7 Å². The third-order valence-electron chi connectivity index (χ3n) is 4.12. The fourth-order valence-electron chi connectivity index (χ4n) is 2.95. The quantitative estimate of drug-likeness (QED) is 0.509. The van der Waals surface area contributed by atoms with Crippen LogP contribution >= 0.6 is 0 Å². The number of furan rings is 1. The van der Waals surface area contributed by atoms with Crippen LogP contribution in [0, 0.1) is 0 Å². The van der Waals surface area contributed by atoms with Crippen molar-refractivity contribution in [2.24, 2.45) is 0 Å². The Kier molecular flexibility index (Phi) is 3.19. The molecule has 0 fully saturated rings. The smallest absolute Gasteiger partial charge is 0.249 e. The van der Waals surface area contributed by atoms with Crippen LogP contribution in [-0.2, 0) is 6.54 Å². The zero-order chi connectivity index (χ0) is 14.9. The molecule has 0 saturated heterocycles. The van der Waals surface area contributed by atoms with Gasteiger partial charge in [-0.25, -0.2) is 4.57 Å². The number of unbranched alkanes of at least 4 members (excludes halogenated alkanes) is 1. The lowest BCUT2D eigenvalue weighted by atomic mass is 10.1. The lowest BCUT2D eigenvalue weighted by Gasteiger charge is -1.97. The zero-order valence-electron chi connectivity index (χ0n) is 12.7. The molecule has 0 bridgehead atoms. The summed E-state index contributed by atoms with van der Waals surface area (Å²) < 4.78 is 10.5. The number of rotatable bonds is 4. The van der Waals surface area contributed by atoms with E-state index in [1.807, 2.05) is 12.1 Å². The van der Waals surface area contributed by atoms with E-state index < -0.39 is 0 Å². The van der Waals surface area contributed by atoms with Gasteiger partial charge in [-0.2, -0.15) is 4.57 Å². The summed E-state index contributed by atoms with van der Waals surface area (Å²) in [4.78, 5) is 0. The molecule has 3 heteroatoms. The van der Waals surface area contributed by atoms with Crippen LogP contribution < -0.4 is 4.57 Å². The number of benzene rings is 2. The van der Waals surface area contributed by atoms with E-state index in [-0.39, 0.29) is 0 Å². The van der Waals surface area contributed by atoms with Crippen molar-refractivity contribution in [1.82, 2.24) is 4.57 Å². The Morgan fingerprint density at radius 2 is 1.91 bits per heavy atom. The van der Waals surface area contributed by atoms with E-state index in [4.69, 9.17) is 4.42 Å². The zero-order valence-corrected chi connectivity index (χ0v) is 12.7. The van der Waals surface area contributed by atoms with Crippen molar-refractivity contribution < 1.29 is 8.98 Å². The van der Waals surface area contributed by atoms with E-state index in [0.717, 1.165) is 23.4 Å². The summed E-state index contributed by atoms with van der Waals surface area (Å²) in [6.45, 7) is 3.27. The Balaban J connectivity index is 1.86. The minimum Gasteiger partial charge on any atom is -0.452 e. The number of nitrogens with zero attached hydrogens (tertiary/aromatic N) is 2. The van der Waals surface area contributed by atoms with Gasteiger partial charge >= 0.3 is 0 Å². The average Bonchev–Trinajstić information content (AvgIpc) is 3.17. The highest BCUT2D eigenvalue weighted by Crippen LogP contribution is 2.32. The average molecular weight is 291 g/mol. The first-order valence-corrected chi connectivity index (χ1v) is 7.84. The van der Waals surface area contributed by atoms with Crippen molar-refractivity contribution in [2.45, 2.75) is 26.3 Å². The van der Waals surface area contributed by atoms with Crippen molar-refractivity contribution in [3.63, 3.8) is 0 Å². The molecule has 110 valence electrons. The van der Waals surface area contributed by atoms with Gasteiger partial charge in [-0.15, -0.1) is 0 Å². The van der Waals surface area contributed by atoms with Gasteiger partial charge in [0.2, 0.25) is 6.33 Å². The van der Waals surface area contributed by atoms with E-state index in [0.29, 0.717) is 0 Å². The third-order valence-corrected chi connectivity index (χ3v) is 4.12. The Labute approximate surface area is 129 Å². The van der Waals surface area contributed by atoms with Crippen molar-refractivity contribution >= 4 is 21.9 Å². The van der Waals surface area contributed by atoms with Crippen LogP contribution in [0.5, 0.6) is 0 Å². The van der Waals surface area contributed by atoms with Crippen LogP contribution in [0.4, 0.5) is 0 Å². The molecule has 0 atom stereocenters.